The van der Waals surface area contributed by atoms with Crippen LogP contribution >= 0.6 is 27.3 Å². The largest absolute Gasteiger partial charge is 0.390 e. The number of aliphatic hydroxyl groups is 1. The van der Waals surface area contributed by atoms with Gasteiger partial charge < -0.3 is 10.4 Å². The molecule has 0 bridgehead atoms. The lowest BCUT2D eigenvalue weighted by Gasteiger charge is -2.22. The topological polar surface area (TPSA) is 58.0 Å². The zero-order chi connectivity index (χ0) is 10.8. The van der Waals surface area contributed by atoms with E-state index in [9.17, 15) is 5.11 Å². The number of nitrogens with one attached hydrogen (secondary N) is 1. The minimum atomic E-state index is -0.658. The van der Waals surface area contributed by atoms with Gasteiger partial charge in [-0.3, -0.25) is 0 Å². The first-order chi connectivity index (χ1) is 6.37. The quantitative estimate of drug-likeness (QED) is 0.888. The third-order valence-electron chi connectivity index (χ3n) is 1.58. The summed E-state index contributed by atoms with van der Waals surface area (Å²) in [6.07, 6.45) is 0.671. The van der Waals surface area contributed by atoms with Crippen LogP contribution in [-0.2, 0) is 0 Å². The summed E-state index contributed by atoms with van der Waals surface area (Å²) in [4.78, 5) is 0. The molecule has 0 amide bonds. The molecule has 1 unspecified atom stereocenters. The summed E-state index contributed by atoms with van der Waals surface area (Å²) in [6.45, 7) is 5.59. The van der Waals surface area contributed by atoms with Crippen molar-refractivity contribution in [3.63, 3.8) is 0 Å². The van der Waals surface area contributed by atoms with Crippen LogP contribution in [-0.4, -0.2) is 26.9 Å². The maximum Gasteiger partial charge on any atom is 0.206 e. The lowest BCUT2D eigenvalue weighted by molar-refractivity contribution is 0.0673. The number of nitrogens with zero attached hydrogens (tertiary/aromatic N) is 2. The van der Waals surface area contributed by atoms with Crippen LogP contribution in [0, 0.1) is 0 Å². The molecule has 0 aromatic carbocycles. The molecule has 0 radical (unpaired) electrons. The molecule has 0 spiro atoms. The van der Waals surface area contributed by atoms with Gasteiger partial charge >= 0.3 is 0 Å². The van der Waals surface area contributed by atoms with E-state index in [4.69, 9.17) is 0 Å². The van der Waals surface area contributed by atoms with Crippen LogP contribution < -0.4 is 5.32 Å². The predicted octanol–water partition coefficient (Wildman–Crippen LogP) is 2.26. The van der Waals surface area contributed by atoms with E-state index >= 15 is 0 Å². The molecule has 80 valence electrons. The normalized spacial score (nSPS) is 14.1. The highest BCUT2D eigenvalue weighted by Gasteiger charge is 2.17. The first-order valence-corrected chi connectivity index (χ1v) is 5.96. The number of hydrogen-bond donors (Lipinski definition) is 2. The molecule has 0 saturated heterocycles. The van der Waals surface area contributed by atoms with Gasteiger partial charge in [-0.15, -0.1) is 10.2 Å². The molecule has 6 heteroatoms. The molecule has 14 heavy (non-hydrogen) atoms. The van der Waals surface area contributed by atoms with Crippen molar-refractivity contribution in [1.29, 1.82) is 0 Å². The zero-order valence-electron chi connectivity index (χ0n) is 8.41. The Kier molecular flexibility index (Phi) is 3.86. The Morgan fingerprint density at radius 1 is 1.57 bits per heavy atom. The average Bonchev–Trinajstić information content (AvgIpc) is 2.30. The molecule has 1 aromatic rings. The molecule has 0 saturated carbocycles. The van der Waals surface area contributed by atoms with E-state index in [1.807, 2.05) is 6.92 Å². The van der Waals surface area contributed by atoms with E-state index in [1.165, 1.54) is 11.3 Å². The smallest absolute Gasteiger partial charge is 0.206 e. The summed E-state index contributed by atoms with van der Waals surface area (Å²) in [7, 11) is 0. The average molecular weight is 280 g/mol. The molecule has 1 rings (SSSR count). The molecule has 0 aliphatic carbocycles. The highest BCUT2D eigenvalue weighted by atomic mass is 79.9. The maximum atomic E-state index is 9.59. The van der Waals surface area contributed by atoms with Crippen molar-refractivity contribution >= 4 is 32.4 Å². The van der Waals surface area contributed by atoms with E-state index in [0.717, 1.165) is 9.05 Å². The van der Waals surface area contributed by atoms with E-state index in [-0.39, 0.29) is 6.04 Å². The molecular formula is C8H14BrN3OS. The van der Waals surface area contributed by atoms with Gasteiger partial charge in [-0.2, -0.15) is 0 Å². The maximum absolute atomic E-state index is 9.59. The fourth-order valence-corrected chi connectivity index (χ4v) is 2.40. The molecule has 1 aromatic heterocycles. The second kappa shape index (κ2) is 4.55. The molecular weight excluding hydrogens is 266 g/mol. The first-order valence-electron chi connectivity index (χ1n) is 4.35. The van der Waals surface area contributed by atoms with Crippen molar-refractivity contribution in [2.75, 3.05) is 5.32 Å². The SMILES string of the molecule is CC(CC(C)(C)O)Nc1nnc(Br)s1. The van der Waals surface area contributed by atoms with Gasteiger partial charge in [-0.05, 0) is 43.1 Å². The monoisotopic (exact) mass is 279 g/mol. The number of halogens is 1. The van der Waals surface area contributed by atoms with Crippen molar-refractivity contribution in [2.45, 2.75) is 38.8 Å². The van der Waals surface area contributed by atoms with Crippen LogP contribution in [0.5, 0.6) is 0 Å². The fraction of sp³-hybridized carbons (Fsp3) is 0.750. The Hall–Kier alpha value is -0.200. The number of hydrogen-bond acceptors (Lipinski definition) is 5. The van der Waals surface area contributed by atoms with Crippen molar-refractivity contribution in [3.05, 3.63) is 3.92 Å². The van der Waals surface area contributed by atoms with Crippen LogP contribution in [0.3, 0.4) is 0 Å². The number of rotatable bonds is 4. The van der Waals surface area contributed by atoms with Crippen molar-refractivity contribution in [3.8, 4) is 0 Å². The minimum absolute atomic E-state index is 0.176. The molecule has 1 atom stereocenters. The standard InChI is InChI=1S/C8H14BrN3OS/c1-5(4-8(2,3)13)10-7-12-11-6(9)14-7/h5,13H,4H2,1-3H3,(H,10,12). The van der Waals surface area contributed by atoms with Gasteiger partial charge in [0.2, 0.25) is 5.13 Å². The van der Waals surface area contributed by atoms with E-state index in [0.29, 0.717) is 6.42 Å². The lowest BCUT2D eigenvalue weighted by atomic mass is 10.0. The summed E-state index contributed by atoms with van der Waals surface area (Å²) >= 11 is 4.68. The lowest BCUT2D eigenvalue weighted by Crippen LogP contribution is -2.29. The molecule has 0 fully saturated rings. The fourth-order valence-electron chi connectivity index (χ4n) is 1.27. The van der Waals surface area contributed by atoms with Gasteiger partial charge in [0.05, 0.1) is 5.60 Å². The summed E-state index contributed by atoms with van der Waals surface area (Å²) in [5, 5.41) is 21.3. The Morgan fingerprint density at radius 3 is 2.64 bits per heavy atom. The number of anilines is 1. The van der Waals surface area contributed by atoms with Gasteiger partial charge in [0.1, 0.15) is 0 Å². The van der Waals surface area contributed by atoms with E-state index < -0.39 is 5.60 Å². The highest BCUT2D eigenvalue weighted by molar-refractivity contribution is 9.11. The Bertz CT molecular complexity index is 297. The van der Waals surface area contributed by atoms with Crippen LogP contribution in [0.1, 0.15) is 27.2 Å². The first kappa shape index (κ1) is 11.9. The van der Waals surface area contributed by atoms with Gasteiger partial charge in [0.15, 0.2) is 3.92 Å². The third kappa shape index (κ3) is 4.34. The van der Waals surface area contributed by atoms with Gasteiger partial charge in [-0.1, -0.05) is 11.3 Å². The summed E-state index contributed by atoms with van der Waals surface area (Å²) in [5.74, 6) is 0. The van der Waals surface area contributed by atoms with Crippen LogP contribution in [0.2, 0.25) is 0 Å². The minimum Gasteiger partial charge on any atom is -0.390 e. The third-order valence-corrected chi connectivity index (χ3v) is 2.86. The van der Waals surface area contributed by atoms with E-state index in [2.05, 4.69) is 31.4 Å². The Balaban J connectivity index is 2.45. The summed E-state index contributed by atoms with van der Waals surface area (Å²) in [5.41, 5.74) is -0.658. The van der Waals surface area contributed by atoms with Gasteiger partial charge in [-0.25, -0.2) is 0 Å². The van der Waals surface area contributed by atoms with Gasteiger partial charge in [0, 0.05) is 6.04 Å². The molecule has 0 aliphatic heterocycles. The van der Waals surface area contributed by atoms with Crippen LogP contribution in [0.15, 0.2) is 3.92 Å². The second-order valence-electron chi connectivity index (χ2n) is 3.92. The summed E-state index contributed by atoms with van der Waals surface area (Å²) in [6, 6.07) is 0.176. The Labute approximate surface area is 95.9 Å². The van der Waals surface area contributed by atoms with E-state index in [1.54, 1.807) is 13.8 Å². The van der Waals surface area contributed by atoms with Crippen LogP contribution in [0.25, 0.3) is 0 Å². The predicted molar refractivity (Wildman–Crippen MR) is 61.6 cm³/mol. The zero-order valence-corrected chi connectivity index (χ0v) is 10.8. The van der Waals surface area contributed by atoms with Crippen molar-refractivity contribution < 1.29 is 5.11 Å². The molecule has 1 heterocycles. The van der Waals surface area contributed by atoms with Crippen LogP contribution in [0.4, 0.5) is 5.13 Å². The van der Waals surface area contributed by atoms with Crippen molar-refractivity contribution in [1.82, 2.24) is 10.2 Å². The molecule has 4 nitrogen and oxygen atoms in total. The Morgan fingerprint density at radius 2 is 2.21 bits per heavy atom. The van der Waals surface area contributed by atoms with Crippen molar-refractivity contribution in [2.24, 2.45) is 0 Å². The van der Waals surface area contributed by atoms with Gasteiger partial charge in [0.25, 0.3) is 0 Å². The highest BCUT2D eigenvalue weighted by Crippen LogP contribution is 2.22. The molecule has 2 N–H and O–H groups in total. The summed E-state index contributed by atoms with van der Waals surface area (Å²) < 4.78 is 0.760. The number of aromatic nitrogens is 2. The molecule has 0 aliphatic rings. The second-order valence-corrected chi connectivity index (χ2v) is 6.18.